The van der Waals surface area contributed by atoms with E-state index in [0.717, 1.165) is 31.6 Å². The van der Waals surface area contributed by atoms with Crippen LogP contribution in [0, 0.1) is 0 Å². The summed E-state index contributed by atoms with van der Waals surface area (Å²) in [5.41, 5.74) is 4.10. The molecule has 0 bridgehead atoms. The summed E-state index contributed by atoms with van der Waals surface area (Å²) < 4.78 is 0. The molecule has 2 heterocycles. The Morgan fingerprint density at radius 3 is 2.42 bits per heavy atom. The molecule has 1 saturated heterocycles. The van der Waals surface area contributed by atoms with Gasteiger partial charge in [-0.25, -0.2) is 15.4 Å². The lowest BCUT2D eigenvalue weighted by Crippen LogP contribution is -2.27. The van der Waals surface area contributed by atoms with Crippen LogP contribution in [0.3, 0.4) is 0 Å². The quantitative estimate of drug-likeness (QED) is 0.354. The van der Waals surface area contributed by atoms with Gasteiger partial charge in [-0.3, -0.25) is 14.8 Å². The number of carbonyl (C=O) groups excluding carboxylic acids is 2. The summed E-state index contributed by atoms with van der Waals surface area (Å²) in [6, 6.07) is 15.9. The van der Waals surface area contributed by atoms with E-state index in [1.54, 1.807) is 41.9 Å². The number of nitrogens with one attached hydrogen (secondary N) is 2. The van der Waals surface area contributed by atoms with Crippen molar-refractivity contribution in [2.75, 3.05) is 18.4 Å². The highest BCUT2D eigenvalue weighted by molar-refractivity contribution is 6.30. The number of benzene rings is 2. The molecule has 0 spiro atoms. The molecule has 3 N–H and O–H groups in total. The van der Waals surface area contributed by atoms with Crippen molar-refractivity contribution < 1.29 is 14.8 Å². The highest BCUT2D eigenvalue weighted by atomic mass is 35.5. The minimum Gasteiger partial charge on any atom is -0.340 e. The molecule has 2 amide bonds. The van der Waals surface area contributed by atoms with Gasteiger partial charge in [0.2, 0.25) is 5.91 Å². The average molecular weight is 488 g/mol. The van der Waals surface area contributed by atoms with E-state index in [2.05, 4.69) is 15.3 Å². The molecule has 4 rings (SSSR count). The number of rotatable bonds is 6. The zero-order valence-corrected chi connectivity index (χ0v) is 19.2. The number of hydroxylamine groups is 1. The third-order valence-corrected chi connectivity index (χ3v) is 5.36. The van der Waals surface area contributed by atoms with Crippen LogP contribution in [-0.4, -0.2) is 45.0 Å². The lowest BCUT2D eigenvalue weighted by molar-refractivity contribution is -0.128. The molecular weight excluding hydrogens is 465 g/mol. The van der Waals surface area contributed by atoms with Gasteiger partial charge in [0.15, 0.2) is 5.82 Å². The maximum atomic E-state index is 12.5. The SMILES string of the molecule is Cl.O=C(Cc1cc(Nc2ccc(C(=O)N3CCCC3)cc2)nc(-c2cccc(Cl)c2)n1)NO. The minimum atomic E-state index is -0.587. The Morgan fingerprint density at radius 1 is 1.03 bits per heavy atom. The van der Waals surface area contributed by atoms with Gasteiger partial charge in [-0.05, 0) is 49.2 Å². The molecule has 33 heavy (non-hydrogen) atoms. The molecule has 1 aromatic heterocycles. The molecule has 3 aromatic rings. The molecule has 1 fully saturated rings. The van der Waals surface area contributed by atoms with Crippen molar-refractivity contribution in [3.05, 3.63) is 70.9 Å². The first-order valence-electron chi connectivity index (χ1n) is 10.2. The predicted molar refractivity (Wildman–Crippen MR) is 128 cm³/mol. The van der Waals surface area contributed by atoms with E-state index in [0.29, 0.717) is 33.5 Å². The van der Waals surface area contributed by atoms with Crippen molar-refractivity contribution in [3.8, 4) is 11.4 Å². The number of hydrogen-bond donors (Lipinski definition) is 3. The molecule has 0 atom stereocenters. The van der Waals surface area contributed by atoms with Gasteiger partial charge in [0.1, 0.15) is 5.82 Å². The van der Waals surface area contributed by atoms with Gasteiger partial charge in [0.05, 0.1) is 12.1 Å². The number of halogens is 2. The van der Waals surface area contributed by atoms with E-state index < -0.39 is 5.91 Å². The Kier molecular flexibility index (Phi) is 8.21. The summed E-state index contributed by atoms with van der Waals surface area (Å²) in [7, 11) is 0. The van der Waals surface area contributed by atoms with E-state index in [-0.39, 0.29) is 24.7 Å². The molecule has 1 aliphatic rings. The van der Waals surface area contributed by atoms with Gasteiger partial charge in [-0.1, -0.05) is 23.7 Å². The minimum absolute atomic E-state index is 0. The molecule has 0 radical (unpaired) electrons. The van der Waals surface area contributed by atoms with Crippen LogP contribution in [0.4, 0.5) is 11.5 Å². The van der Waals surface area contributed by atoms with Crippen LogP contribution in [0.25, 0.3) is 11.4 Å². The molecule has 0 aliphatic carbocycles. The highest BCUT2D eigenvalue weighted by Crippen LogP contribution is 2.24. The molecule has 0 unspecified atom stereocenters. The van der Waals surface area contributed by atoms with Crippen LogP contribution in [-0.2, 0) is 11.2 Å². The van der Waals surface area contributed by atoms with Crippen molar-refractivity contribution in [1.82, 2.24) is 20.3 Å². The topological polar surface area (TPSA) is 107 Å². The van der Waals surface area contributed by atoms with Gasteiger partial charge < -0.3 is 10.2 Å². The number of anilines is 2. The van der Waals surface area contributed by atoms with Crippen LogP contribution >= 0.6 is 24.0 Å². The fraction of sp³-hybridized carbons (Fsp3) is 0.217. The Bertz CT molecular complexity index is 1140. The molecule has 0 saturated carbocycles. The molecule has 8 nitrogen and oxygen atoms in total. The Labute approximate surface area is 202 Å². The summed E-state index contributed by atoms with van der Waals surface area (Å²) >= 11 is 6.10. The zero-order chi connectivity index (χ0) is 22.5. The first-order chi connectivity index (χ1) is 15.5. The fourth-order valence-corrected chi connectivity index (χ4v) is 3.75. The molecule has 2 aromatic carbocycles. The fourth-order valence-electron chi connectivity index (χ4n) is 3.56. The van der Waals surface area contributed by atoms with E-state index >= 15 is 0 Å². The van der Waals surface area contributed by atoms with E-state index in [9.17, 15) is 9.59 Å². The zero-order valence-electron chi connectivity index (χ0n) is 17.6. The normalized spacial score (nSPS) is 12.7. The molecule has 172 valence electrons. The lowest BCUT2D eigenvalue weighted by atomic mass is 10.1. The van der Waals surface area contributed by atoms with Gasteiger partial charge >= 0.3 is 0 Å². The number of hydrogen-bond acceptors (Lipinski definition) is 6. The second-order valence-corrected chi connectivity index (χ2v) is 7.93. The summed E-state index contributed by atoms with van der Waals surface area (Å²) in [4.78, 5) is 35.0. The van der Waals surface area contributed by atoms with Crippen molar-refractivity contribution in [2.24, 2.45) is 0 Å². The monoisotopic (exact) mass is 487 g/mol. The lowest BCUT2D eigenvalue weighted by Gasteiger charge is -2.15. The van der Waals surface area contributed by atoms with Gasteiger partial charge in [0, 0.05) is 41.0 Å². The van der Waals surface area contributed by atoms with Crippen molar-refractivity contribution in [1.29, 1.82) is 0 Å². The number of carbonyl (C=O) groups is 2. The summed E-state index contributed by atoms with van der Waals surface area (Å²) in [5.74, 6) is 0.307. The summed E-state index contributed by atoms with van der Waals surface area (Å²) in [6.07, 6.45) is 1.97. The highest BCUT2D eigenvalue weighted by Gasteiger charge is 2.19. The molecule has 10 heteroatoms. The van der Waals surface area contributed by atoms with Crippen LogP contribution in [0.2, 0.25) is 5.02 Å². The number of aromatic nitrogens is 2. The van der Waals surface area contributed by atoms with E-state index in [4.69, 9.17) is 16.8 Å². The predicted octanol–water partition coefficient (Wildman–Crippen LogP) is 4.25. The largest absolute Gasteiger partial charge is 0.340 e. The smallest absolute Gasteiger partial charge is 0.253 e. The second-order valence-electron chi connectivity index (χ2n) is 7.49. The van der Waals surface area contributed by atoms with Crippen LogP contribution in [0.15, 0.2) is 54.6 Å². The second kappa shape index (κ2) is 11.1. The Balaban J connectivity index is 0.00000306. The molecular formula is C23H23Cl2N5O3. The van der Waals surface area contributed by atoms with Gasteiger partial charge in [0.25, 0.3) is 5.91 Å². The third kappa shape index (κ3) is 6.19. The number of nitrogens with zero attached hydrogens (tertiary/aromatic N) is 3. The average Bonchev–Trinajstić information content (AvgIpc) is 3.34. The standard InChI is InChI=1S/C23H22ClN5O3.ClH/c24-17-5-3-4-16(12-17)22-26-19(14-21(30)28-32)13-20(27-22)25-18-8-6-15(7-9-18)23(31)29-10-1-2-11-29;/h3-9,12-13,32H,1-2,10-11,14H2,(H,28,30)(H,25,26,27);1H. The third-order valence-electron chi connectivity index (χ3n) is 5.13. The first-order valence-corrected chi connectivity index (χ1v) is 10.6. The van der Waals surface area contributed by atoms with Crippen LogP contribution in [0.5, 0.6) is 0 Å². The van der Waals surface area contributed by atoms with E-state index in [1.807, 2.05) is 23.1 Å². The number of amides is 2. The van der Waals surface area contributed by atoms with E-state index in [1.165, 1.54) is 0 Å². The summed E-state index contributed by atoms with van der Waals surface area (Å²) in [6.45, 7) is 1.60. The van der Waals surface area contributed by atoms with Crippen molar-refractivity contribution >= 4 is 47.3 Å². The van der Waals surface area contributed by atoms with Crippen molar-refractivity contribution in [3.63, 3.8) is 0 Å². The first kappa shape index (κ1) is 24.4. The number of likely N-dealkylation sites (tertiary alicyclic amines) is 1. The van der Waals surface area contributed by atoms with Gasteiger partial charge in [-0.2, -0.15) is 0 Å². The Morgan fingerprint density at radius 2 is 1.76 bits per heavy atom. The molecule has 1 aliphatic heterocycles. The summed E-state index contributed by atoms with van der Waals surface area (Å²) in [5, 5.41) is 12.6. The Hall–Kier alpha value is -3.20. The maximum absolute atomic E-state index is 12.5. The maximum Gasteiger partial charge on any atom is 0.253 e. The van der Waals surface area contributed by atoms with Crippen LogP contribution < -0.4 is 10.8 Å². The van der Waals surface area contributed by atoms with Gasteiger partial charge in [-0.15, -0.1) is 12.4 Å². The van der Waals surface area contributed by atoms with Crippen LogP contribution in [0.1, 0.15) is 28.9 Å². The van der Waals surface area contributed by atoms with Crippen molar-refractivity contribution in [2.45, 2.75) is 19.3 Å².